The highest BCUT2D eigenvalue weighted by Crippen LogP contribution is 2.40. The molecule has 2 rings (SSSR count). The normalized spacial score (nSPS) is 35.0. The summed E-state index contributed by atoms with van der Waals surface area (Å²) in [4.78, 5) is 3.89. The summed E-state index contributed by atoms with van der Waals surface area (Å²) >= 11 is 0. The predicted molar refractivity (Wildman–Crippen MR) is 62.2 cm³/mol. The van der Waals surface area contributed by atoms with Gasteiger partial charge in [-0.1, -0.05) is 13.8 Å². The Labute approximate surface area is 96.1 Å². The van der Waals surface area contributed by atoms with Gasteiger partial charge in [0, 0.05) is 11.7 Å². The highest BCUT2D eigenvalue weighted by molar-refractivity contribution is 5.22. The number of nitrogens with two attached hydrogens (primary N) is 1. The Bertz CT molecular complexity index is 380. The number of halogens is 1. The fraction of sp³-hybridized carbons (Fsp3) is 0.615. The molecule has 1 heterocycles. The molecule has 0 aromatic carbocycles. The lowest BCUT2D eigenvalue weighted by atomic mass is 9.69. The third-order valence-electron chi connectivity index (χ3n) is 3.98. The van der Waals surface area contributed by atoms with E-state index in [9.17, 15) is 4.39 Å². The van der Waals surface area contributed by atoms with Gasteiger partial charge in [0.05, 0.1) is 6.20 Å². The molecular formula is C13H19FN2. The van der Waals surface area contributed by atoms with E-state index < -0.39 is 0 Å². The Kier molecular flexibility index (Phi) is 2.98. The van der Waals surface area contributed by atoms with Crippen LogP contribution in [0.15, 0.2) is 18.5 Å². The topological polar surface area (TPSA) is 38.9 Å². The number of rotatable bonds is 1. The summed E-state index contributed by atoms with van der Waals surface area (Å²) < 4.78 is 13.1. The molecular weight excluding hydrogens is 203 g/mol. The number of nitrogens with zero attached hydrogens (tertiary/aromatic N) is 1. The maximum atomic E-state index is 13.1. The molecule has 1 saturated carbocycles. The SMILES string of the molecule is CC1CCC(N)(c2cncc(F)c2)CC1C. The van der Waals surface area contributed by atoms with E-state index in [4.69, 9.17) is 5.73 Å². The Hall–Kier alpha value is -0.960. The smallest absolute Gasteiger partial charge is 0.141 e. The van der Waals surface area contributed by atoms with E-state index >= 15 is 0 Å². The maximum absolute atomic E-state index is 13.1. The van der Waals surface area contributed by atoms with Gasteiger partial charge in [0.15, 0.2) is 0 Å². The van der Waals surface area contributed by atoms with E-state index in [0.717, 1.165) is 24.8 Å². The molecule has 3 unspecified atom stereocenters. The van der Waals surface area contributed by atoms with Gasteiger partial charge in [-0.2, -0.15) is 0 Å². The first-order chi connectivity index (χ1) is 7.51. The van der Waals surface area contributed by atoms with Crippen LogP contribution in [0.3, 0.4) is 0 Å². The lowest BCUT2D eigenvalue weighted by Gasteiger charge is -2.40. The highest BCUT2D eigenvalue weighted by Gasteiger charge is 2.36. The predicted octanol–water partition coefficient (Wildman–Crippen LogP) is 2.83. The molecule has 1 fully saturated rings. The zero-order chi connectivity index (χ0) is 11.8. The molecule has 1 aliphatic rings. The molecule has 2 N–H and O–H groups in total. The average molecular weight is 222 g/mol. The van der Waals surface area contributed by atoms with Gasteiger partial charge in [-0.3, -0.25) is 4.98 Å². The van der Waals surface area contributed by atoms with Crippen molar-refractivity contribution in [3.05, 3.63) is 29.8 Å². The molecule has 2 nitrogen and oxygen atoms in total. The Morgan fingerprint density at radius 1 is 1.38 bits per heavy atom. The van der Waals surface area contributed by atoms with Crippen LogP contribution in [0.2, 0.25) is 0 Å². The molecule has 0 amide bonds. The first-order valence-electron chi connectivity index (χ1n) is 5.91. The minimum Gasteiger partial charge on any atom is -0.321 e. The maximum Gasteiger partial charge on any atom is 0.141 e. The first kappa shape index (κ1) is 11.5. The quantitative estimate of drug-likeness (QED) is 0.793. The van der Waals surface area contributed by atoms with Crippen LogP contribution in [-0.4, -0.2) is 4.98 Å². The zero-order valence-electron chi connectivity index (χ0n) is 9.91. The van der Waals surface area contributed by atoms with Gasteiger partial charge in [0.1, 0.15) is 5.82 Å². The van der Waals surface area contributed by atoms with Crippen molar-refractivity contribution >= 4 is 0 Å². The summed E-state index contributed by atoms with van der Waals surface area (Å²) in [6.07, 6.45) is 5.87. The Morgan fingerprint density at radius 2 is 2.12 bits per heavy atom. The third kappa shape index (κ3) is 2.09. The molecule has 0 bridgehead atoms. The molecule has 0 spiro atoms. The van der Waals surface area contributed by atoms with Crippen LogP contribution in [0.25, 0.3) is 0 Å². The van der Waals surface area contributed by atoms with Gasteiger partial charge in [-0.25, -0.2) is 4.39 Å². The van der Waals surface area contributed by atoms with E-state index in [-0.39, 0.29) is 11.4 Å². The Morgan fingerprint density at radius 3 is 2.75 bits per heavy atom. The van der Waals surface area contributed by atoms with Crippen LogP contribution in [0.1, 0.15) is 38.7 Å². The summed E-state index contributed by atoms with van der Waals surface area (Å²) in [5.74, 6) is 0.994. The average Bonchev–Trinajstić information content (AvgIpc) is 2.24. The molecule has 1 aliphatic carbocycles. The number of hydrogen-bond donors (Lipinski definition) is 1. The van der Waals surface area contributed by atoms with Gasteiger partial charge in [-0.05, 0) is 42.7 Å². The Balaban J connectivity index is 2.26. The van der Waals surface area contributed by atoms with Crippen molar-refractivity contribution in [3.63, 3.8) is 0 Å². The molecule has 0 radical (unpaired) electrons. The van der Waals surface area contributed by atoms with Crippen LogP contribution >= 0.6 is 0 Å². The summed E-state index contributed by atoms with van der Waals surface area (Å²) in [5.41, 5.74) is 6.85. The van der Waals surface area contributed by atoms with E-state index in [0.29, 0.717) is 11.8 Å². The minimum atomic E-state index is -0.388. The van der Waals surface area contributed by atoms with Crippen molar-refractivity contribution < 1.29 is 4.39 Å². The monoisotopic (exact) mass is 222 g/mol. The van der Waals surface area contributed by atoms with Crippen molar-refractivity contribution in [2.45, 2.75) is 38.6 Å². The van der Waals surface area contributed by atoms with Gasteiger partial charge in [-0.15, -0.1) is 0 Å². The van der Waals surface area contributed by atoms with Crippen LogP contribution in [0, 0.1) is 17.7 Å². The molecule has 1 aromatic rings. The molecule has 0 saturated heterocycles. The van der Waals surface area contributed by atoms with Crippen LogP contribution in [0.5, 0.6) is 0 Å². The molecule has 3 atom stereocenters. The van der Waals surface area contributed by atoms with E-state index in [1.54, 1.807) is 6.20 Å². The molecule has 16 heavy (non-hydrogen) atoms. The van der Waals surface area contributed by atoms with Crippen molar-refractivity contribution in [1.82, 2.24) is 4.98 Å². The highest BCUT2D eigenvalue weighted by atomic mass is 19.1. The van der Waals surface area contributed by atoms with E-state index in [1.165, 1.54) is 12.3 Å². The second kappa shape index (κ2) is 4.13. The van der Waals surface area contributed by atoms with Crippen molar-refractivity contribution in [3.8, 4) is 0 Å². The second-order valence-electron chi connectivity index (χ2n) is 5.25. The summed E-state index contributed by atoms with van der Waals surface area (Å²) in [7, 11) is 0. The largest absolute Gasteiger partial charge is 0.321 e. The molecule has 1 aromatic heterocycles. The van der Waals surface area contributed by atoms with Crippen LogP contribution < -0.4 is 5.73 Å². The first-order valence-corrected chi connectivity index (χ1v) is 5.91. The molecule has 3 heteroatoms. The fourth-order valence-corrected chi connectivity index (χ4v) is 2.59. The number of pyridine rings is 1. The van der Waals surface area contributed by atoms with Gasteiger partial charge in [0.2, 0.25) is 0 Å². The minimum absolute atomic E-state index is 0.298. The lowest BCUT2D eigenvalue weighted by Crippen LogP contribution is -2.43. The van der Waals surface area contributed by atoms with Gasteiger partial charge >= 0.3 is 0 Å². The zero-order valence-corrected chi connectivity index (χ0v) is 9.91. The van der Waals surface area contributed by atoms with E-state index in [1.807, 2.05) is 0 Å². The van der Waals surface area contributed by atoms with Gasteiger partial charge in [0.25, 0.3) is 0 Å². The fourth-order valence-electron chi connectivity index (χ4n) is 2.59. The molecule has 0 aliphatic heterocycles. The third-order valence-corrected chi connectivity index (χ3v) is 3.98. The van der Waals surface area contributed by atoms with Crippen molar-refractivity contribution in [2.75, 3.05) is 0 Å². The van der Waals surface area contributed by atoms with Crippen molar-refractivity contribution in [1.29, 1.82) is 0 Å². The van der Waals surface area contributed by atoms with Crippen LogP contribution in [0.4, 0.5) is 4.39 Å². The van der Waals surface area contributed by atoms with Gasteiger partial charge < -0.3 is 5.73 Å². The second-order valence-corrected chi connectivity index (χ2v) is 5.25. The van der Waals surface area contributed by atoms with Crippen molar-refractivity contribution in [2.24, 2.45) is 17.6 Å². The molecule has 88 valence electrons. The lowest BCUT2D eigenvalue weighted by molar-refractivity contribution is 0.176. The number of aromatic nitrogens is 1. The number of hydrogen-bond acceptors (Lipinski definition) is 2. The standard InChI is InChI=1S/C13H19FN2/c1-9-3-4-13(15,6-10(9)2)11-5-12(14)8-16-7-11/h5,7-10H,3-4,6,15H2,1-2H3. The summed E-state index contributed by atoms with van der Waals surface area (Å²) in [6, 6.07) is 1.52. The summed E-state index contributed by atoms with van der Waals surface area (Å²) in [6.45, 7) is 4.48. The van der Waals surface area contributed by atoms with E-state index in [2.05, 4.69) is 18.8 Å². The summed E-state index contributed by atoms with van der Waals surface area (Å²) in [5, 5.41) is 0. The van der Waals surface area contributed by atoms with Crippen LogP contribution in [-0.2, 0) is 5.54 Å².